The molecule has 7 heteroatoms. The molecule has 1 saturated carbocycles. The minimum atomic E-state index is -0.365. The summed E-state index contributed by atoms with van der Waals surface area (Å²) in [5.41, 5.74) is 1.32. The maximum absolute atomic E-state index is 11.7. The second-order valence-electron chi connectivity index (χ2n) is 6.43. The Morgan fingerprint density at radius 2 is 2.17 bits per heavy atom. The number of anilines is 1. The number of rotatable bonds is 5. The molecule has 0 bridgehead atoms. The monoisotopic (exact) mass is 346 g/mol. The van der Waals surface area contributed by atoms with Crippen molar-refractivity contribution in [2.45, 2.75) is 19.9 Å². The van der Waals surface area contributed by atoms with E-state index in [9.17, 15) is 4.79 Å². The number of halogens is 1. The Morgan fingerprint density at radius 1 is 1.38 bits per heavy atom. The summed E-state index contributed by atoms with van der Waals surface area (Å²) in [5.74, 6) is 2.30. The summed E-state index contributed by atoms with van der Waals surface area (Å²) < 4.78 is 6.63. The number of pyridine rings is 1. The molecule has 2 fully saturated rings. The number of esters is 1. The van der Waals surface area contributed by atoms with Gasteiger partial charge in [0.25, 0.3) is 0 Å². The Bertz CT molecular complexity index is 766. The predicted molar refractivity (Wildman–Crippen MR) is 90.3 cm³/mol. The molecule has 4 rings (SSSR count). The molecule has 126 valence electrons. The van der Waals surface area contributed by atoms with Gasteiger partial charge in [-0.3, -0.25) is 4.68 Å². The Hall–Kier alpha value is -2.08. The van der Waals surface area contributed by atoms with Crippen molar-refractivity contribution in [1.29, 1.82) is 0 Å². The molecule has 0 amide bonds. The van der Waals surface area contributed by atoms with Gasteiger partial charge in [-0.05, 0) is 31.2 Å². The van der Waals surface area contributed by atoms with Crippen LogP contribution >= 0.6 is 11.6 Å². The molecule has 1 aliphatic carbocycles. The molecule has 3 heterocycles. The predicted octanol–water partition coefficient (Wildman–Crippen LogP) is 2.61. The summed E-state index contributed by atoms with van der Waals surface area (Å²) in [6.07, 6.45) is 4.53. The lowest BCUT2D eigenvalue weighted by Crippen LogP contribution is -2.23. The SMILES string of the molecule is CCOC(=O)c1cnn(Cc2ccc(N3CC4CC4C3)nc2Cl)c1. The molecule has 1 aliphatic heterocycles. The van der Waals surface area contributed by atoms with Crippen molar-refractivity contribution in [3.8, 4) is 0 Å². The van der Waals surface area contributed by atoms with Gasteiger partial charge < -0.3 is 9.64 Å². The average molecular weight is 347 g/mol. The van der Waals surface area contributed by atoms with E-state index in [0.29, 0.717) is 23.9 Å². The largest absolute Gasteiger partial charge is 0.462 e. The average Bonchev–Trinajstić information content (AvgIpc) is 2.98. The van der Waals surface area contributed by atoms with E-state index >= 15 is 0 Å². The highest BCUT2D eigenvalue weighted by Crippen LogP contribution is 2.46. The molecule has 2 aliphatic rings. The maximum Gasteiger partial charge on any atom is 0.341 e. The number of hydrogen-bond donors (Lipinski definition) is 0. The Morgan fingerprint density at radius 3 is 2.88 bits per heavy atom. The zero-order valence-electron chi connectivity index (χ0n) is 13.5. The molecule has 1 saturated heterocycles. The van der Waals surface area contributed by atoms with Crippen molar-refractivity contribution < 1.29 is 9.53 Å². The van der Waals surface area contributed by atoms with E-state index in [-0.39, 0.29) is 5.97 Å². The van der Waals surface area contributed by atoms with Crippen LogP contribution in [0.2, 0.25) is 5.15 Å². The van der Waals surface area contributed by atoms with Crippen molar-refractivity contribution in [1.82, 2.24) is 14.8 Å². The van der Waals surface area contributed by atoms with Gasteiger partial charge in [0.1, 0.15) is 11.0 Å². The van der Waals surface area contributed by atoms with Gasteiger partial charge in [0, 0.05) is 24.8 Å². The Balaban J connectivity index is 1.45. The quantitative estimate of drug-likeness (QED) is 0.615. The normalized spacial score (nSPS) is 21.7. The van der Waals surface area contributed by atoms with Gasteiger partial charge in [0.2, 0.25) is 0 Å². The zero-order valence-corrected chi connectivity index (χ0v) is 14.2. The summed E-state index contributed by atoms with van der Waals surface area (Å²) in [6, 6.07) is 4.00. The van der Waals surface area contributed by atoms with E-state index in [2.05, 4.69) is 15.0 Å². The molecular weight excluding hydrogens is 328 g/mol. The topological polar surface area (TPSA) is 60.2 Å². The van der Waals surface area contributed by atoms with Gasteiger partial charge in [-0.2, -0.15) is 5.10 Å². The van der Waals surface area contributed by atoms with Gasteiger partial charge in [-0.1, -0.05) is 17.7 Å². The fourth-order valence-corrected chi connectivity index (χ4v) is 3.49. The zero-order chi connectivity index (χ0) is 16.7. The van der Waals surface area contributed by atoms with Crippen LogP contribution in [0.3, 0.4) is 0 Å². The van der Waals surface area contributed by atoms with Crippen molar-refractivity contribution in [3.63, 3.8) is 0 Å². The number of aromatic nitrogens is 3. The first kappa shape index (κ1) is 15.4. The molecule has 2 atom stereocenters. The molecule has 2 aromatic rings. The van der Waals surface area contributed by atoms with Crippen LogP contribution in [0.15, 0.2) is 24.5 Å². The van der Waals surface area contributed by atoms with E-state index in [4.69, 9.17) is 16.3 Å². The highest BCUT2D eigenvalue weighted by molar-refractivity contribution is 6.30. The van der Waals surface area contributed by atoms with E-state index in [1.54, 1.807) is 17.8 Å². The highest BCUT2D eigenvalue weighted by atomic mass is 35.5. The molecule has 0 spiro atoms. The van der Waals surface area contributed by atoms with Gasteiger partial charge in [0.05, 0.1) is 24.9 Å². The van der Waals surface area contributed by atoms with Gasteiger partial charge >= 0.3 is 5.97 Å². The molecule has 2 unspecified atom stereocenters. The maximum atomic E-state index is 11.7. The summed E-state index contributed by atoms with van der Waals surface area (Å²) in [4.78, 5) is 18.5. The third-order valence-electron chi connectivity index (χ3n) is 4.69. The standard InChI is InChI=1S/C17H19ClN4O2/c1-2-24-17(23)14-6-19-22(10-14)9-11-3-4-15(20-16(11)18)21-7-12-5-13(12)8-21/h3-4,6,10,12-13H,2,5,7-9H2,1H3. The highest BCUT2D eigenvalue weighted by Gasteiger charge is 2.45. The fraction of sp³-hybridized carbons (Fsp3) is 0.471. The van der Waals surface area contributed by atoms with E-state index in [1.165, 1.54) is 12.6 Å². The van der Waals surface area contributed by atoms with Crippen LogP contribution in [-0.4, -0.2) is 40.4 Å². The summed E-state index contributed by atoms with van der Waals surface area (Å²) in [7, 11) is 0. The van der Waals surface area contributed by atoms with E-state index in [0.717, 1.165) is 36.3 Å². The lowest BCUT2D eigenvalue weighted by molar-refractivity contribution is 0.0526. The number of ether oxygens (including phenoxy) is 1. The van der Waals surface area contributed by atoms with Crippen molar-refractivity contribution in [2.75, 3.05) is 24.6 Å². The van der Waals surface area contributed by atoms with Crippen molar-refractivity contribution in [3.05, 3.63) is 40.8 Å². The van der Waals surface area contributed by atoms with Crippen LogP contribution in [0, 0.1) is 11.8 Å². The molecule has 6 nitrogen and oxygen atoms in total. The Labute approximate surface area is 145 Å². The van der Waals surface area contributed by atoms with Crippen LogP contribution in [0.4, 0.5) is 5.82 Å². The first-order chi connectivity index (χ1) is 11.6. The van der Waals surface area contributed by atoms with Crippen molar-refractivity contribution >= 4 is 23.4 Å². The molecule has 0 radical (unpaired) electrons. The number of carbonyl (C=O) groups excluding carboxylic acids is 1. The van der Waals surface area contributed by atoms with Gasteiger partial charge in [-0.15, -0.1) is 0 Å². The molecule has 24 heavy (non-hydrogen) atoms. The van der Waals surface area contributed by atoms with E-state index < -0.39 is 0 Å². The fourth-order valence-electron chi connectivity index (χ4n) is 3.28. The second-order valence-corrected chi connectivity index (χ2v) is 6.79. The summed E-state index contributed by atoms with van der Waals surface area (Å²) >= 11 is 6.35. The minimum absolute atomic E-state index is 0.347. The summed E-state index contributed by atoms with van der Waals surface area (Å²) in [6.45, 7) is 4.78. The van der Waals surface area contributed by atoms with Crippen LogP contribution in [0.5, 0.6) is 0 Å². The lowest BCUT2D eigenvalue weighted by atomic mass is 10.2. The number of fused-ring (bicyclic) bond motifs is 1. The first-order valence-electron chi connectivity index (χ1n) is 8.24. The minimum Gasteiger partial charge on any atom is -0.462 e. The van der Waals surface area contributed by atoms with E-state index in [1.807, 2.05) is 12.1 Å². The first-order valence-corrected chi connectivity index (χ1v) is 8.61. The van der Waals surface area contributed by atoms with Gasteiger partial charge in [-0.25, -0.2) is 9.78 Å². The van der Waals surface area contributed by atoms with Crippen LogP contribution in [0.25, 0.3) is 0 Å². The molecule has 2 aromatic heterocycles. The van der Waals surface area contributed by atoms with Crippen LogP contribution in [-0.2, 0) is 11.3 Å². The van der Waals surface area contributed by atoms with Crippen molar-refractivity contribution in [2.24, 2.45) is 11.8 Å². The van der Waals surface area contributed by atoms with Gasteiger partial charge in [0.15, 0.2) is 0 Å². The molecule has 0 N–H and O–H groups in total. The van der Waals surface area contributed by atoms with Crippen LogP contribution in [0.1, 0.15) is 29.3 Å². The number of hydrogen-bond acceptors (Lipinski definition) is 5. The Kier molecular flexibility index (Phi) is 3.92. The number of nitrogens with zero attached hydrogens (tertiary/aromatic N) is 4. The molecule has 0 aromatic carbocycles. The second kappa shape index (κ2) is 6.09. The number of carbonyl (C=O) groups is 1. The smallest absolute Gasteiger partial charge is 0.341 e. The third-order valence-corrected chi connectivity index (χ3v) is 5.02. The third kappa shape index (κ3) is 2.98. The number of piperidine rings is 1. The molecular formula is C17H19ClN4O2. The summed E-state index contributed by atoms with van der Waals surface area (Å²) in [5, 5.41) is 4.68. The van der Waals surface area contributed by atoms with Crippen LogP contribution < -0.4 is 4.90 Å². The lowest BCUT2D eigenvalue weighted by Gasteiger charge is -2.19.